The van der Waals surface area contributed by atoms with Gasteiger partial charge in [0.1, 0.15) is 18.1 Å². The van der Waals surface area contributed by atoms with Gasteiger partial charge in [-0.1, -0.05) is 17.4 Å². The summed E-state index contributed by atoms with van der Waals surface area (Å²) in [6, 6.07) is 10.1. The second-order valence-electron chi connectivity index (χ2n) is 6.43. The number of rotatable bonds is 5. The molecule has 2 aromatic rings. The van der Waals surface area contributed by atoms with Crippen molar-refractivity contribution in [1.29, 1.82) is 0 Å². The molecule has 3 amide bonds. The van der Waals surface area contributed by atoms with E-state index in [1.165, 1.54) is 25.3 Å². The van der Waals surface area contributed by atoms with Crippen molar-refractivity contribution in [2.24, 2.45) is 10.3 Å². The van der Waals surface area contributed by atoms with Gasteiger partial charge in [-0.05, 0) is 36.4 Å². The molecule has 1 fully saturated rings. The molecule has 2 aliphatic heterocycles. The van der Waals surface area contributed by atoms with Crippen molar-refractivity contribution in [3.05, 3.63) is 54.3 Å². The van der Waals surface area contributed by atoms with Gasteiger partial charge in [0, 0.05) is 0 Å². The Balaban J connectivity index is 1.49. The van der Waals surface area contributed by atoms with E-state index in [1.807, 2.05) is 0 Å². The fourth-order valence-corrected chi connectivity index (χ4v) is 3.24. The lowest BCUT2D eigenvalue weighted by molar-refractivity contribution is -0.123. The van der Waals surface area contributed by atoms with Gasteiger partial charge in [-0.2, -0.15) is 5.11 Å². The molecule has 2 aromatic carbocycles. The molecule has 0 spiro atoms. The highest BCUT2D eigenvalue weighted by atomic mass is 19.1. The Morgan fingerprint density at radius 2 is 1.86 bits per heavy atom. The number of carbonyl (C=O) groups is 3. The summed E-state index contributed by atoms with van der Waals surface area (Å²) in [5.74, 6) is -1.64. The van der Waals surface area contributed by atoms with Gasteiger partial charge in [0.15, 0.2) is 12.1 Å². The van der Waals surface area contributed by atoms with Crippen molar-refractivity contribution < 1.29 is 23.5 Å². The van der Waals surface area contributed by atoms with Crippen molar-refractivity contribution in [3.8, 4) is 5.75 Å². The fraction of sp³-hybridized carbons (Fsp3) is 0.211. The molecule has 9 nitrogen and oxygen atoms in total. The molecule has 4 rings (SSSR count). The minimum absolute atomic E-state index is 0.0128. The zero-order valence-electron chi connectivity index (χ0n) is 15.3. The summed E-state index contributed by atoms with van der Waals surface area (Å²) in [5, 5.41) is 11.2. The maximum atomic E-state index is 13.7. The molecule has 0 aromatic heterocycles. The van der Waals surface area contributed by atoms with E-state index >= 15 is 0 Å². The highest BCUT2D eigenvalue weighted by molar-refractivity contribution is 6.25. The SMILES string of the molecule is COc1ccc(N2C(=O)[C@@H]3[C@@H](N=NN3CC(=O)Nc3ccccc3F)C2=O)cc1. The molecule has 0 bridgehead atoms. The zero-order valence-corrected chi connectivity index (χ0v) is 15.3. The Kier molecular flexibility index (Phi) is 4.67. The third-order valence-corrected chi connectivity index (χ3v) is 4.64. The van der Waals surface area contributed by atoms with Crippen molar-refractivity contribution in [2.45, 2.75) is 12.1 Å². The first-order valence-electron chi connectivity index (χ1n) is 8.73. The monoisotopic (exact) mass is 397 g/mol. The summed E-state index contributed by atoms with van der Waals surface area (Å²) in [6.45, 7) is -0.353. The maximum absolute atomic E-state index is 13.7. The van der Waals surface area contributed by atoms with Gasteiger partial charge in [-0.15, -0.1) is 0 Å². The maximum Gasteiger partial charge on any atom is 0.263 e. The standard InChI is InChI=1S/C19H16FN5O4/c1-29-12-8-6-11(7-9-12)25-18(27)16-17(19(25)28)24(23-22-16)10-15(26)21-14-5-3-2-4-13(14)20/h2-9,16-17H,10H2,1H3,(H,21,26)/t16-,17+/m1/s1. The first-order chi connectivity index (χ1) is 14.0. The van der Waals surface area contributed by atoms with Gasteiger partial charge in [-0.25, -0.2) is 9.29 Å². The Labute approximate surface area is 164 Å². The molecule has 2 heterocycles. The van der Waals surface area contributed by atoms with Crippen LogP contribution in [0, 0.1) is 5.82 Å². The number of fused-ring (bicyclic) bond motifs is 1. The van der Waals surface area contributed by atoms with E-state index in [1.54, 1.807) is 30.3 Å². The summed E-state index contributed by atoms with van der Waals surface area (Å²) < 4.78 is 18.8. The molecule has 2 atom stereocenters. The van der Waals surface area contributed by atoms with Crippen molar-refractivity contribution in [2.75, 3.05) is 23.9 Å². The second-order valence-corrected chi connectivity index (χ2v) is 6.43. The second kappa shape index (κ2) is 7.30. The van der Waals surface area contributed by atoms with E-state index in [-0.39, 0.29) is 12.2 Å². The number of nitrogens with one attached hydrogen (secondary N) is 1. The van der Waals surface area contributed by atoms with Crippen LogP contribution in [0.4, 0.5) is 15.8 Å². The van der Waals surface area contributed by atoms with Gasteiger partial charge in [-0.3, -0.25) is 19.4 Å². The van der Waals surface area contributed by atoms with Crippen LogP contribution in [0.25, 0.3) is 0 Å². The van der Waals surface area contributed by atoms with Crippen molar-refractivity contribution in [3.63, 3.8) is 0 Å². The third kappa shape index (κ3) is 3.28. The number of amides is 3. The van der Waals surface area contributed by atoms with Crippen LogP contribution in [0.3, 0.4) is 0 Å². The van der Waals surface area contributed by atoms with Crippen molar-refractivity contribution >= 4 is 29.1 Å². The van der Waals surface area contributed by atoms with Crippen LogP contribution in [0.2, 0.25) is 0 Å². The van der Waals surface area contributed by atoms with E-state index in [0.717, 1.165) is 9.91 Å². The lowest BCUT2D eigenvalue weighted by atomic mass is 10.1. The molecule has 148 valence electrons. The minimum atomic E-state index is -1.02. The number of hydrogen-bond acceptors (Lipinski definition) is 7. The Hall–Kier alpha value is -3.82. The summed E-state index contributed by atoms with van der Waals surface area (Å²) in [6.07, 6.45) is 0. The van der Waals surface area contributed by atoms with Crippen LogP contribution in [-0.4, -0.2) is 48.5 Å². The summed E-state index contributed by atoms with van der Waals surface area (Å²) >= 11 is 0. The molecule has 1 N–H and O–H groups in total. The lowest BCUT2D eigenvalue weighted by Gasteiger charge is -2.20. The summed E-state index contributed by atoms with van der Waals surface area (Å²) in [5.41, 5.74) is 0.389. The third-order valence-electron chi connectivity index (χ3n) is 4.64. The van der Waals surface area contributed by atoms with Crippen LogP contribution in [0.15, 0.2) is 58.9 Å². The first kappa shape index (κ1) is 18.5. The molecule has 29 heavy (non-hydrogen) atoms. The molecule has 0 unspecified atom stereocenters. The summed E-state index contributed by atoms with van der Waals surface area (Å²) in [7, 11) is 1.51. The number of anilines is 2. The van der Waals surface area contributed by atoms with Crippen LogP contribution >= 0.6 is 0 Å². The predicted molar refractivity (Wildman–Crippen MR) is 99.7 cm³/mol. The van der Waals surface area contributed by atoms with E-state index < -0.39 is 35.6 Å². The average Bonchev–Trinajstić information content (AvgIpc) is 3.23. The number of benzene rings is 2. The Morgan fingerprint density at radius 3 is 2.55 bits per heavy atom. The smallest absolute Gasteiger partial charge is 0.263 e. The predicted octanol–water partition coefficient (Wildman–Crippen LogP) is 1.77. The quantitative estimate of drug-likeness (QED) is 0.775. The molecular weight excluding hydrogens is 381 g/mol. The van der Waals surface area contributed by atoms with Crippen LogP contribution in [0.5, 0.6) is 5.75 Å². The highest BCUT2D eigenvalue weighted by Gasteiger charge is 2.55. The van der Waals surface area contributed by atoms with Crippen molar-refractivity contribution in [1.82, 2.24) is 5.01 Å². The molecule has 1 saturated heterocycles. The van der Waals surface area contributed by atoms with Gasteiger partial charge in [0.25, 0.3) is 11.8 Å². The van der Waals surface area contributed by atoms with Gasteiger partial charge in [0.05, 0.1) is 18.5 Å². The highest BCUT2D eigenvalue weighted by Crippen LogP contribution is 2.32. The van der Waals surface area contributed by atoms with Gasteiger partial charge >= 0.3 is 0 Å². The Morgan fingerprint density at radius 1 is 1.14 bits per heavy atom. The molecule has 10 heteroatoms. The molecule has 0 aliphatic carbocycles. The van der Waals surface area contributed by atoms with E-state index in [2.05, 4.69) is 15.7 Å². The number of halogens is 1. The average molecular weight is 397 g/mol. The number of methoxy groups -OCH3 is 1. The van der Waals surface area contributed by atoms with Crippen LogP contribution in [-0.2, 0) is 14.4 Å². The summed E-state index contributed by atoms with van der Waals surface area (Å²) in [4.78, 5) is 38.8. The molecule has 0 saturated carbocycles. The normalized spacial score (nSPS) is 20.2. The Bertz CT molecular complexity index is 1010. The van der Waals surface area contributed by atoms with Gasteiger partial charge in [0.2, 0.25) is 5.91 Å². The largest absolute Gasteiger partial charge is 0.497 e. The topological polar surface area (TPSA) is 104 Å². The van der Waals surface area contributed by atoms with E-state index in [4.69, 9.17) is 4.74 Å². The van der Waals surface area contributed by atoms with Crippen LogP contribution < -0.4 is 15.0 Å². The molecule has 2 aliphatic rings. The number of imide groups is 1. The number of nitrogens with zero attached hydrogens (tertiary/aromatic N) is 4. The zero-order chi connectivity index (χ0) is 20.5. The number of carbonyl (C=O) groups excluding carboxylic acids is 3. The van der Waals surface area contributed by atoms with E-state index in [9.17, 15) is 18.8 Å². The lowest BCUT2D eigenvalue weighted by Crippen LogP contribution is -2.43. The van der Waals surface area contributed by atoms with E-state index in [0.29, 0.717) is 11.4 Å². The fourth-order valence-electron chi connectivity index (χ4n) is 3.24. The van der Waals surface area contributed by atoms with Crippen LogP contribution in [0.1, 0.15) is 0 Å². The first-order valence-corrected chi connectivity index (χ1v) is 8.73. The number of hydrogen-bond donors (Lipinski definition) is 1. The number of ether oxygens (including phenoxy) is 1. The minimum Gasteiger partial charge on any atom is -0.497 e. The molecule has 0 radical (unpaired) electrons. The number of para-hydroxylation sites is 1. The van der Waals surface area contributed by atoms with Gasteiger partial charge < -0.3 is 10.1 Å². The molecular formula is C19H16FN5O4.